The molecule has 0 bridgehead atoms. The average molecular weight is 158 g/mol. The van der Waals surface area contributed by atoms with Gasteiger partial charge in [-0.05, 0) is 6.92 Å². The molecule has 0 aromatic heterocycles. The van der Waals surface area contributed by atoms with Crippen LogP contribution >= 0.6 is 0 Å². The Bertz CT molecular complexity index is 149. The van der Waals surface area contributed by atoms with Gasteiger partial charge in [0.2, 0.25) is 5.91 Å². The van der Waals surface area contributed by atoms with Gasteiger partial charge in [-0.3, -0.25) is 4.79 Å². The van der Waals surface area contributed by atoms with Crippen LogP contribution in [0.1, 0.15) is 6.92 Å². The van der Waals surface area contributed by atoms with Crippen molar-refractivity contribution in [1.82, 2.24) is 4.90 Å². The first-order chi connectivity index (χ1) is 5.25. The molecule has 0 aromatic carbocycles. The van der Waals surface area contributed by atoms with Gasteiger partial charge in [0.1, 0.15) is 0 Å². The van der Waals surface area contributed by atoms with Crippen molar-refractivity contribution in [2.75, 3.05) is 26.3 Å². The van der Waals surface area contributed by atoms with Crippen LogP contribution in [0.25, 0.3) is 0 Å². The zero-order chi connectivity index (χ0) is 8.27. The molecule has 1 aliphatic heterocycles. The molecule has 0 spiro atoms. The molecule has 0 aliphatic carbocycles. The monoisotopic (exact) mass is 158 g/mol. The second-order valence-corrected chi connectivity index (χ2v) is 2.72. The van der Waals surface area contributed by atoms with Crippen LogP contribution in [-0.2, 0) is 9.53 Å². The van der Waals surface area contributed by atoms with E-state index < -0.39 is 0 Å². The largest absolute Gasteiger partial charge is 0.377 e. The van der Waals surface area contributed by atoms with Crippen molar-refractivity contribution >= 4 is 5.91 Å². The van der Waals surface area contributed by atoms with Crippen LogP contribution in [0, 0.1) is 0 Å². The Morgan fingerprint density at radius 1 is 1.82 bits per heavy atom. The van der Waals surface area contributed by atoms with Crippen molar-refractivity contribution in [3.05, 3.63) is 0 Å². The fraction of sp³-hybridized carbons (Fsp3) is 0.857. The molecule has 4 heteroatoms. The van der Waals surface area contributed by atoms with Gasteiger partial charge in [0.05, 0.1) is 25.8 Å². The Morgan fingerprint density at radius 3 is 3.09 bits per heavy atom. The maximum absolute atomic E-state index is 11.1. The number of carbonyl (C=O) groups excluding carboxylic acids is 1. The lowest BCUT2D eigenvalue weighted by molar-refractivity contribution is -0.137. The van der Waals surface area contributed by atoms with Gasteiger partial charge in [0.25, 0.3) is 0 Å². The number of hydrogen-bond acceptors (Lipinski definition) is 3. The molecule has 0 aromatic rings. The Hall–Kier alpha value is -0.610. The molecule has 4 nitrogen and oxygen atoms in total. The smallest absolute Gasteiger partial charge is 0.236 e. The molecule has 1 atom stereocenters. The number of morpholine rings is 1. The lowest BCUT2D eigenvalue weighted by atomic mass is 10.2. The number of rotatable bonds is 1. The van der Waals surface area contributed by atoms with Gasteiger partial charge < -0.3 is 15.4 Å². The first kappa shape index (κ1) is 8.49. The third-order valence-electron chi connectivity index (χ3n) is 1.86. The van der Waals surface area contributed by atoms with Crippen molar-refractivity contribution in [3.8, 4) is 0 Å². The summed E-state index contributed by atoms with van der Waals surface area (Å²) in [6.45, 7) is 4.01. The van der Waals surface area contributed by atoms with Crippen LogP contribution in [0.2, 0.25) is 0 Å². The van der Waals surface area contributed by atoms with Gasteiger partial charge in [0, 0.05) is 6.54 Å². The Labute approximate surface area is 66.3 Å². The van der Waals surface area contributed by atoms with Crippen molar-refractivity contribution in [3.63, 3.8) is 0 Å². The number of ether oxygens (including phenoxy) is 1. The molecule has 1 amide bonds. The lowest BCUT2D eigenvalue weighted by Crippen LogP contribution is -2.49. The molecule has 1 rings (SSSR count). The molecule has 0 unspecified atom stereocenters. The summed E-state index contributed by atoms with van der Waals surface area (Å²) in [5, 5.41) is 0. The standard InChI is InChI=1S/C7H14N2O2/c1-6-5-11-3-2-9(6)7(10)4-8/h6H,2-5,8H2,1H3/t6-/m1/s1. The maximum Gasteiger partial charge on any atom is 0.236 e. The second-order valence-electron chi connectivity index (χ2n) is 2.72. The van der Waals surface area contributed by atoms with Crippen molar-refractivity contribution in [1.29, 1.82) is 0 Å². The number of nitrogens with zero attached hydrogens (tertiary/aromatic N) is 1. The number of carbonyl (C=O) groups is 1. The number of amides is 1. The summed E-state index contributed by atoms with van der Waals surface area (Å²) < 4.78 is 5.17. The summed E-state index contributed by atoms with van der Waals surface area (Å²) in [4.78, 5) is 12.9. The highest BCUT2D eigenvalue weighted by Crippen LogP contribution is 2.05. The van der Waals surface area contributed by atoms with E-state index in [0.29, 0.717) is 19.8 Å². The zero-order valence-electron chi connectivity index (χ0n) is 6.75. The average Bonchev–Trinajstić information content (AvgIpc) is 2.04. The summed E-state index contributed by atoms with van der Waals surface area (Å²) >= 11 is 0. The van der Waals surface area contributed by atoms with E-state index in [4.69, 9.17) is 10.5 Å². The van der Waals surface area contributed by atoms with Crippen molar-refractivity contribution in [2.24, 2.45) is 5.73 Å². The molecular formula is C7H14N2O2. The molecule has 1 aliphatic rings. The molecule has 1 fully saturated rings. The fourth-order valence-corrected chi connectivity index (χ4v) is 1.21. The quantitative estimate of drug-likeness (QED) is 0.543. The SMILES string of the molecule is C[C@@H]1COCCN1C(=O)CN. The molecular weight excluding hydrogens is 144 g/mol. The first-order valence-corrected chi connectivity index (χ1v) is 3.83. The highest BCUT2D eigenvalue weighted by molar-refractivity contribution is 5.78. The van der Waals surface area contributed by atoms with E-state index in [2.05, 4.69) is 0 Å². The third-order valence-corrected chi connectivity index (χ3v) is 1.86. The summed E-state index contributed by atoms with van der Waals surface area (Å²) in [5.41, 5.74) is 5.23. The molecule has 1 heterocycles. The topological polar surface area (TPSA) is 55.6 Å². The summed E-state index contributed by atoms with van der Waals surface area (Å²) in [5.74, 6) is 0.0146. The molecule has 0 radical (unpaired) electrons. The van der Waals surface area contributed by atoms with Crippen LogP contribution in [0.5, 0.6) is 0 Å². The predicted molar refractivity (Wildman–Crippen MR) is 41.0 cm³/mol. The van der Waals surface area contributed by atoms with Gasteiger partial charge in [-0.15, -0.1) is 0 Å². The van der Waals surface area contributed by atoms with Crippen molar-refractivity contribution < 1.29 is 9.53 Å². The summed E-state index contributed by atoms with van der Waals surface area (Å²) in [6, 6.07) is 0.180. The van der Waals surface area contributed by atoms with E-state index in [9.17, 15) is 4.79 Å². The minimum Gasteiger partial charge on any atom is -0.377 e. The first-order valence-electron chi connectivity index (χ1n) is 3.83. The van der Waals surface area contributed by atoms with Gasteiger partial charge in [-0.25, -0.2) is 0 Å². The number of hydrogen-bond donors (Lipinski definition) is 1. The van der Waals surface area contributed by atoms with E-state index in [1.54, 1.807) is 4.90 Å². The van der Waals surface area contributed by atoms with Crippen LogP contribution in [0.3, 0.4) is 0 Å². The highest BCUT2D eigenvalue weighted by atomic mass is 16.5. The summed E-state index contributed by atoms with van der Waals surface area (Å²) in [7, 11) is 0. The molecule has 11 heavy (non-hydrogen) atoms. The van der Waals surface area contributed by atoms with Gasteiger partial charge >= 0.3 is 0 Å². The molecule has 0 saturated carbocycles. The minimum atomic E-state index is 0.0146. The molecule has 64 valence electrons. The van der Waals surface area contributed by atoms with E-state index in [1.807, 2.05) is 6.92 Å². The van der Waals surface area contributed by atoms with Gasteiger partial charge in [-0.1, -0.05) is 0 Å². The molecule has 2 N–H and O–H groups in total. The predicted octanol–water partition coefficient (Wildman–Crippen LogP) is -0.808. The van der Waals surface area contributed by atoms with E-state index in [0.717, 1.165) is 0 Å². The summed E-state index contributed by atoms with van der Waals surface area (Å²) in [6.07, 6.45) is 0. The van der Waals surface area contributed by atoms with Crippen LogP contribution < -0.4 is 5.73 Å². The van der Waals surface area contributed by atoms with Crippen LogP contribution in [-0.4, -0.2) is 43.2 Å². The van der Waals surface area contributed by atoms with E-state index in [1.165, 1.54) is 0 Å². The van der Waals surface area contributed by atoms with E-state index in [-0.39, 0.29) is 18.5 Å². The van der Waals surface area contributed by atoms with Crippen LogP contribution in [0.4, 0.5) is 0 Å². The highest BCUT2D eigenvalue weighted by Gasteiger charge is 2.21. The Morgan fingerprint density at radius 2 is 2.55 bits per heavy atom. The Balaban J connectivity index is 2.47. The lowest BCUT2D eigenvalue weighted by Gasteiger charge is -2.32. The normalized spacial score (nSPS) is 25.3. The van der Waals surface area contributed by atoms with Gasteiger partial charge in [-0.2, -0.15) is 0 Å². The minimum absolute atomic E-state index is 0.0146. The second kappa shape index (κ2) is 3.69. The molecule has 1 saturated heterocycles. The van der Waals surface area contributed by atoms with Gasteiger partial charge in [0.15, 0.2) is 0 Å². The van der Waals surface area contributed by atoms with Crippen molar-refractivity contribution in [2.45, 2.75) is 13.0 Å². The number of nitrogens with two attached hydrogens (primary N) is 1. The van der Waals surface area contributed by atoms with Crippen LogP contribution in [0.15, 0.2) is 0 Å². The third kappa shape index (κ3) is 1.91. The Kier molecular flexibility index (Phi) is 2.84. The zero-order valence-corrected chi connectivity index (χ0v) is 6.75. The fourth-order valence-electron chi connectivity index (χ4n) is 1.21. The maximum atomic E-state index is 11.1. The van der Waals surface area contributed by atoms with E-state index >= 15 is 0 Å².